The molecular formula is C24H21N3O2S. The Bertz CT molecular complexity index is 1490. The van der Waals surface area contributed by atoms with E-state index in [2.05, 4.69) is 41.6 Å². The smallest absolute Gasteiger partial charge is 0.274 e. The van der Waals surface area contributed by atoms with Crippen LogP contribution >= 0.6 is 11.3 Å². The normalized spacial score (nSPS) is 12.3. The van der Waals surface area contributed by atoms with E-state index in [0.29, 0.717) is 11.1 Å². The van der Waals surface area contributed by atoms with Crippen LogP contribution in [0.2, 0.25) is 0 Å². The lowest BCUT2D eigenvalue weighted by molar-refractivity contribution is 0.340. The molecule has 6 heteroatoms. The van der Waals surface area contributed by atoms with Gasteiger partial charge in [-0.15, -0.1) is 0 Å². The number of hydrogen-bond donors (Lipinski definition) is 0. The Kier molecular flexibility index (Phi) is 4.44. The number of fused-ring (bicyclic) bond motifs is 3. The maximum atomic E-state index is 13.1. The second-order valence-electron chi connectivity index (χ2n) is 7.22. The lowest BCUT2D eigenvalue weighted by Gasteiger charge is -2.11. The van der Waals surface area contributed by atoms with Crippen molar-refractivity contribution in [2.24, 2.45) is 0 Å². The van der Waals surface area contributed by atoms with Crippen molar-refractivity contribution in [3.63, 3.8) is 0 Å². The highest BCUT2D eigenvalue weighted by Crippen LogP contribution is 2.23. The average molecular weight is 416 g/mol. The molecule has 5 rings (SSSR count). The van der Waals surface area contributed by atoms with Gasteiger partial charge < -0.3 is 9.30 Å². The molecule has 0 saturated carbocycles. The zero-order valence-electron chi connectivity index (χ0n) is 17.0. The molecule has 0 atom stereocenters. The summed E-state index contributed by atoms with van der Waals surface area (Å²) in [5.74, 6) is 0.862. The zero-order valence-corrected chi connectivity index (χ0v) is 17.9. The summed E-state index contributed by atoms with van der Waals surface area (Å²) >= 11 is 1.43. The first-order valence-corrected chi connectivity index (χ1v) is 10.7. The minimum Gasteiger partial charge on any atom is -0.494 e. The van der Waals surface area contributed by atoms with Crippen molar-refractivity contribution in [1.82, 2.24) is 14.0 Å². The minimum atomic E-state index is -0.0189. The fourth-order valence-electron chi connectivity index (χ4n) is 3.94. The molecular weight excluding hydrogens is 394 g/mol. The van der Waals surface area contributed by atoms with Crippen LogP contribution in [0.15, 0.2) is 59.4 Å². The van der Waals surface area contributed by atoms with Gasteiger partial charge in [-0.2, -0.15) is 0 Å². The average Bonchev–Trinajstić information content (AvgIpc) is 3.34. The molecule has 0 aliphatic heterocycles. The summed E-state index contributed by atoms with van der Waals surface area (Å²) in [5.41, 5.74) is 5.99. The summed E-state index contributed by atoms with van der Waals surface area (Å²) in [6, 6.07) is 17.9. The Balaban J connectivity index is 1.62. The highest BCUT2D eigenvalue weighted by atomic mass is 32.1. The third kappa shape index (κ3) is 2.92. The van der Waals surface area contributed by atoms with Gasteiger partial charge in [0.25, 0.3) is 5.56 Å². The van der Waals surface area contributed by atoms with E-state index < -0.39 is 0 Å². The van der Waals surface area contributed by atoms with E-state index >= 15 is 0 Å². The Morgan fingerprint density at radius 1 is 1.10 bits per heavy atom. The summed E-state index contributed by atoms with van der Waals surface area (Å²) in [4.78, 5) is 18.4. The monoisotopic (exact) mass is 415 g/mol. The summed E-state index contributed by atoms with van der Waals surface area (Å²) in [5, 5.41) is 0. The van der Waals surface area contributed by atoms with Crippen LogP contribution in [0, 0.1) is 13.8 Å². The van der Waals surface area contributed by atoms with E-state index in [1.165, 1.54) is 11.3 Å². The molecule has 30 heavy (non-hydrogen) atoms. The Hall–Kier alpha value is -3.38. The van der Waals surface area contributed by atoms with Gasteiger partial charge in [0.05, 0.1) is 22.2 Å². The van der Waals surface area contributed by atoms with Crippen LogP contribution in [0.5, 0.6) is 5.75 Å². The third-order valence-corrected chi connectivity index (χ3v) is 6.28. The van der Waals surface area contributed by atoms with Crippen molar-refractivity contribution >= 4 is 33.4 Å². The van der Waals surface area contributed by atoms with Gasteiger partial charge in [0.15, 0.2) is 4.96 Å². The van der Waals surface area contributed by atoms with Crippen LogP contribution in [0.3, 0.4) is 0 Å². The molecule has 0 aliphatic rings. The summed E-state index contributed by atoms with van der Waals surface area (Å²) < 4.78 is 10.1. The zero-order chi connectivity index (χ0) is 20.8. The summed E-state index contributed by atoms with van der Waals surface area (Å²) in [6.45, 7) is 6.78. The number of ether oxygens (including phenoxy) is 1. The van der Waals surface area contributed by atoms with E-state index in [9.17, 15) is 4.79 Å². The van der Waals surface area contributed by atoms with Crippen LogP contribution < -0.4 is 14.8 Å². The SMILES string of the molecule is CCOc1ccc(-n2c(C)cc(/C=c3\sc4nc5ccccc5n4c3=O)c2C)cc1. The molecule has 0 radical (unpaired) electrons. The molecule has 3 heterocycles. The first-order valence-electron chi connectivity index (χ1n) is 9.90. The highest BCUT2D eigenvalue weighted by Gasteiger charge is 2.13. The van der Waals surface area contributed by atoms with Gasteiger partial charge in [0.2, 0.25) is 0 Å². The first-order chi connectivity index (χ1) is 14.6. The van der Waals surface area contributed by atoms with Crippen molar-refractivity contribution < 1.29 is 4.74 Å². The number of hydrogen-bond acceptors (Lipinski definition) is 4. The number of benzene rings is 2. The van der Waals surface area contributed by atoms with Gasteiger partial charge in [-0.1, -0.05) is 23.5 Å². The molecule has 0 bridgehead atoms. The number of thiazole rings is 1. The second kappa shape index (κ2) is 7.15. The number of aromatic nitrogens is 3. The number of imidazole rings is 1. The number of aryl methyl sites for hydroxylation is 1. The Morgan fingerprint density at radius 2 is 1.87 bits per heavy atom. The molecule has 3 aromatic heterocycles. The largest absolute Gasteiger partial charge is 0.494 e. The standard InChI is InChI=1S/C24H21N3O2S/c1-4-29-19-11-9-18(10-12-19)26-15(2)13-17(16(26)3)14-22-23(28)27-21-8-6-5-7-20(21)25-24(27)30-22/h5-14H,4H2,1-3H3/b22-14-. The van der Waals surface area contributed by atoms with Crippen molar-refractivity contribution in [3.05, 3.63) is 86.4 Å². The first kappa shape index (κ1) is 18.6. The summed E-state index contributed by atoms with van der Waals surface area (Å²) in [7, 11) is 0. The van der Waals surface area contributed by atoms with Gasteiger partial charge >= 0.3 is 0 Å². The molecule has 0 amide bonds. The highest BCUT2D eigenvalue weighted by molar-refractivity contribution is 7.15. The van der Waals surface area contributed by atoms with E-state index in [0.717, 1.165) is 44.4 Å². The quantitative estimate of drug-likeness (QED) is 0.441. The molecule has 0 N–H and O–H groups in total. The molecule has 0 unspecified atom stereocenters. The van der Waals surface area contributed by atoms with E-state index in [-0.39, 0.29) is 5.56 Å². The van der Waals surface area contributed by atoms with Gasteiger partial charge in [0.1, 0.15) is 5.75 Å². The van der Waals surface area contributed by atoms with Crippen molar-refractivity contribution in [2.45, 2.75) is 20.8 Å². The van der Waals surface area contributed by atoms with Crippen molar-refractivity contribution in [3.8, 4) is 11.4 Å². The Morgan fingerprint density at radius 3 is 2.63 bits per heavy atom. The molecule has 5 nitrogen and oxygen atoms in total. The van der Waals surface area contributed by atoms with Gasteiger partial charge in [0, 0.05) is 17.1 Å². The number of para-hydroxylation sites is 2. The molecule has 0 aliphatic carbocycles. The van der Waals surface area contributed by atoms with E-state index in [4.69, 9.17) is 4.74 Å². The van der Waals surface area contributed by atoms with Crippen molar-refractivity contribution in [1.29, 1.82) is 0 Å². The maximum absolute atomic E-state index is 13.1. The number of nitrogens with zero attached hydrogens (tertiary/aromatic N) is 3. The van der Waals surface area contributed by atoms with E-state index in [1.807, 2.05) is 49.4 Å². The van der Waals surface area contributed by atoms with Crippen LogP contribution in [-0.4, -0.2) is 20.6 Å². The lowest BCUT2D eigenvalue weighted by Crippen LogP contribution is -2.22. The predicted molar refractivity (Wildman–Crippen MR) is 122 cm³/mol. The lowest BCUT2D eigenvalue weighted by atomic mass is 10.2. The summed E-state index contributed by atoms with van der Waals surface area (Å²) in [6.07, 6.45) is 1.98. The fraction of sp³-hybridized carbons (Fsp3) is 0.167. The number of rotatable bonds is 4. The maximum Gasteiger partial charge on any atom is 0.274 e. The third-order valence-electron chi connectivity index (χ3n) is 5.31. The van der Waals surface area contributed by atoms with Crippen LogP contribution in [0.25, 0.3) is 27.8 Å². The Labute approximate surface area is 177 Å². The molecule has 0 fully saturated rings. The molecule has 0 spiro atoms. The van der Waals surface area contributed by atoms with Crippen LogP contribution in [-0.2, 0) is 0 Å². The second-order valence-corrected chi connectivity index (χ2v) is 8.23. The van der Waals surface area contributed by atoms with Gasteiger partial charge in [-0.05, 0) is 74.9 Å². The van der Waals surface area contributed by atoms with Crippen molar-refractivity contribution in [2.75, 3.05) is 6.61 Å². The van der Waals surface area contributed by atoms with Gasteiger partial charge in [-0.25, -0.2) is 9.38 Å². The molecule has 5 aromatic rings. The molecule has 0 saturated heterocycles. The topological polar surface area (TPSA) is 48.5 Å². The van der Waals surface area contributed by atoms with Gasteiger partial charge in [-0.3, -0.25) is 4.79 Å². The molecule has 150 valence electrons. The predicted octanol–water partition coefficient (Wildman–Crippen LogP) is 4.26. The van der Waals surface area contributed by atoms with Crippen LogP contribution in [0.4, 0.5) is 0 Å². The minimum absolute atomic E-state index is 0.0189. The molecule has 2 aromatic carbocycles. The van der Waals surface area contributed by atoms with E-state index in [1.54, 1.807) is 4.40 Å². The van der Waals surface area contributed by atoms with Crippen LogP contribution in [0.1, 0.15) is 23.9 Å². The fourth-order valence-corrected chi connectivity index (χ4v) is 4.92.